The molecule has 0 heterocycles. The summed E-state index contributed by atoms with van der Waals surface area (Å²) in [5.41, 5.74) is 5.25. The first-order valence-electron chi connectivity index (χ1n) is 6.98. The molecule has 0 saturated heterocycles. The summed E-state index contributed by atoms with van der Waals surface area (Å²) in [6, 6.07) is 11.5. The van der Waals surface area contributed by atoms with Gasteiger partial charge in [-0.2, -0.15) is 0 Å². The summed E-state index contributed by atoms with van der Waals surface area (Å²) < 4.78 is 0. The molecule has 1 N–H and O–H groups in total. The van der Waals surface area contributed by atoms with Gasteiger partial charge in [0.15, 0.2) is 0 Å². The molecule has 2 rings (SSSR count). The Hall–Kier alpha value is -2.36. The first kappa shape index (κ1) is 15.0. The molecule has 110 valence electrons. The Morgan fingerprint density at radius 3 is 2.48 bits per heavy atom. The van der Waals surface area contributed by atoms with E-state index in [0.717, 1.165) is 11.3 Å². The molecule has 0 aromatic heterocycles. The van der Waals surface area contributed by atoms with Gasteiger partial charge in [0.2, 0.25) is 0 Å². The smallest absolute Gasteiger partial charge is 0.272 e. The maximum Gasteiger partial charge on any atom is 0.272 e. The summed E-state index contributed by atoms with van der Waals surface area (Å²) in [6.07, 6.45) is 0. The fourth-order valence-electron chi connectivity index (χ4n) is 2.32. The highest BCUT2D eigenvalue weighted by Crippen LogP contribution is 2.27. The van der Waals surface area contributed by atoms with Crippen molar-refractivity contribution in [3.8, 4) is 0 Å². The van der Waals surface area contributed by atoms with E-state index in [-0.39, 0.29) is 16.7 Å². The van der Waals surface area contributed by atoms with Gasteiger partial charge >= 0.3 is 0 Å². The van der Waals surface area contributed by atoms with Crippen molar-refractivity contribution in [3.63, 3.8) is 0 Å². The molecule has 0 aliphatic rings. The van der Waals surface area contributed by atoms with Gasteiger partial charge in [0.25, 0.3) is 5.69 Å². The molecule has 0 bridgehead atoms. The topological polar surface area (TPSA) is 55.2 Å². The van der Waals surface area contributed by atoms with Gasteiger partial charge in [0.1, 0.15) is 0 Å². The molecule has 0 aliphatic heterocycles. The van der Waals surface area contributed by atoms with E-state index in [1.165, 1.54) is 11.1 Å². The van der Waals surface area contributed by atoms with Gasteiger partial charge in [-0.3, -0.25) is 10.1 Å². The normalized spacial score (nSPS) is 12.0. The molecule has 1 unspecified atom stereocenters. The summed E-state index contributed by atoms with van der Waals surface area (Å²) in [6.45, 7) is 7.91. The van der Waals surface area contributed by atoms with E-state index in [9.17, 15) is 10.1 Å². The second-order valence-corrected chi connectivity index (χ2v) is 5.42. The fourth-order valence-corrected chi connectivity index (χ4v) is 2.32. The van der Waals surface area contributed by atoms with Gasteiger partial charge in [-0.1, -0.05) is 24.3 Å². The number of nitrogens with zero attached hydrogens (tertiary/aromatic N) is 1. The Morgan fingerprint density at radius 1 is 1.10 bits per heavy atom. The maximum atomic E-state index is 11.0. The molecule has 4 heteroatoms. The van der Waals surface area contributed by atoms with Crippen molar-refractivity contribution in [1.29, 1.82) is 0 Å². The first-order chi connectivity index (χ1) is 9.90. The van der Waals surface area contributed by atoms with Gasteiger partial charge in [0, 0.05) is 23.4 Å². The highest BCUT2D eigenvalue weighted by Gasteiger charge is 2.15. The predicted molar refractivity (Wildman–Crippen MR) is 85.8 cm³/mol. The fraction of sp³-hybridized carbons (Fsp3) is 0.294. The van der Waals surface area contributed by atoms with Crippen LogP contribution >= 0.6 is 0 Å². The van der Waals surface area contributed by atoms with E-state index in [2.05, 4.69) is 25.2 Å². The van der Waals surface area contributed by atoms with Gasteiger partial charge in [0.05, 0.1) is 4.92 Å². The van der Waals surface area contributed by atoms with E-state index in [4.69, 9.17) is 0 Å². The standard InChI is InChI=1S/C17H20N2O2/c1-11-6-5-7-16(13(11)3)18-14(4)15-9-8-12(2)17(10-15)19(20)21/h5-10,14,18H,1-4H3. The Labute approximate surface area is 125 Å². The van der Waals surface area contributed by atoms with Crippen molar-refractivity contribution in [2.45, 2.75) is 33.7 Å². The third-order valence-electron chi connectivity index (χ3n) is 3.91. The Balaban J connectivity index is 2.28. The summed E-state index contributed by atoms with van der Waals surface area (Å²) in [4.78, 5) is 10.7. The van der Waals surface area contributed by atoms with Crippen molar-refractivity contribution in [3.05, 3.63) is 68.8 Å². The molecule has 0 radical (unpaired) electrons. The number of hydrogen-bond donors (Lipinski definition) is 1. The molecule has 2 aromatic rings. The van der Waals surface area contributed by atoms with Gasteiger partial charge in [-0.15, -0.1) is 0 Å². The lowest BCUT2D eigenvalue weighted by Crippen LogP contribution is -2.08. The summed E-state index contributed by atoms with van der Waals surface area (Å²) >= 11 is 0. The average molecular weight is 284 g/mol. The summed E-state index contributed by atoms with van der Waals surface area (Å²) in [5.74, 6) is 0. The third-order valence-corrected chi connectivity index (χ3v) is 3.91. The lowest BCUT2D eigenvalue weighted by Gasteiger charge is -2.18. The van der Waals surface area contributed by atoms with Crippen molar-refractivity contribution >= 4 is 11.4 Å². The lowest BCUT2D eigenvalue weighted by atomic mass is 10.0. The van der Waals surface area contributed by atoms with Crippen LogP contribution in [0.5, 0.6) is 0 Å². The van der Waals surface area contributed by atoms with E-state index in [1.807, 2.05) is 25.1 Å². The Morgan fingerprint density at radius 2 is 1.81 bits per heavy atom. The van der Waals surface area contributed by atoms with Gasteiger partial charge < -0.3 is 5.32 Å². The minimum absolute atomic E-state index is 0.00444. The molecule has 0 saturated carbocycles. The van der Waals surface area contributed by atoms with Gasteiger partial charge in [-0.25, -0.2) is 0 Å². The molecule has 0 fully saturated rings. The number of aryl methyl sites for hydroxylation is 2. The molecular weight excluding hydrogens is 264 g/mol. The molecule has 0 spiro atoms. The molecule has 1 atom stereocenters. The van der Waals surface area contributed by atoms with Crippen LogP contribution in [-0.2, 0) is 0 Å². The Bertz CT molecular complexity index is 680. The van der Waals surface area contributed by atoms with Crippen molar-refractivity contribution in [2.75, 3.05) is 5.32 Å². The first-order valence-corrected chi connectivity index (χ1v) is 6.98. The summed E-state index contributed by atoms with van der Waals surface area (Å²) in [5, 5.41) is 14.5. The van der Waals surface area contributed by atoms with Crippen LogP contribution in [0.1, 0.15) is 35.2 Å². The maximum absolute atomic E-state index is 11.0. The van der Waals surface area contributed by atoms with Crippen LogP contribution < -0.4 is 5.32 Å². The van der Waals surface area contributed by atoms with Crippen LogP contribution in [-0.4, -0.2) is 4.92 Å². The molecule has 4 nitrogen and oxygen atoms in total. The molecule has 0 amide bonds. The van der Waals surface area contributed by atoms with Crippen molar-refractivity contribution in [2.24, 2.45) is 0 Å². The molecular formula is C17H20N2O2. The number of rotatable bonds is 4. The zero-order chi connectivity index (χ0) is 15.6. The monoisotopic (exact) mass is 284 g/mol. The van der Waals surface area contributed by atoms with E-state index in [1.54, 1.807) is 19.1 Å². The number of anilines is 1. The average Bonchev–Trinajstić information content (AvgIpc) is 2.44. The van der Waals surface area contributed by atoms with E-state index >= 15 is 0 Å². The highest BCUT2D eigenvalue weighted by molar-refractivity contribution is 5.55. The van der Waals surface area contributed by atoms with Crippen LogP contribution in [0.3, 0.4) is 0 Å². The van der Waals surface area contributed by atoms with Crippen LogP contribution in [0.25, 0.3) is 0 Å². The zero-order valence-corrected chi connectivity index (χ0v) is 12.8. The minimum Gasteiger partial charge on any atom is -0.378 e. The number of hydrogen-bond acceptors (Lipinski definition) is 3. The van der Waals surface area contributed by atoms with Crippen molar-refractivity contribution < 1.29 is 4.92 Å². The van der Waals surface area contributed by atoms with Crippen LogP contribution in [0, 0.1) is 30.9 Å². The third kappa shape index (κ3) is 3.21. The second-order valence-electron chi connectivity index (χ2n) is 5.42. The molecule has 21 heavy (non-hydrogen) atoms. The summed E-state index contributed by atoms with van der Waals surface area (Å²) in [7, 11) is 0. The molecule has 2 aromatic carbocycles. The highest BCUT2D eigenvalue weighted by atomic mass is 16.6. The lowest BCUT2D eigenvalue weighted by molar-refractivity contribution is -0.385. The van der Waals surface area contributed by atoms with E-state index < -0.39 is 0 Å². The zero-order valence-electron chi connectivity index (χ0n) is 12.8. The molecule has 0 aliphatic carbocycles. The largest absolute Gasteiger partial charge is 0.378 e. The number of nitrogens with one attached hydrogen (secondary N) is 1. The quantitative estimate of drug-likeness (QED) is 0.654. The van der Waals surface area contributed by atoms with Crippen LogP contribution in [0.2, 0.25) is 0 Å². The van der Waals surface area contributed by atoms with Crippen LogP contribution in [0.4, 0.5) is 11.4 Å². The van der Waals surface area contributed by atoms with Crippen molar-refractivity contribution in [1.82, 2.24) is 0 Å². The number of nitro benzene ring substituents is 1. The number of benzene rings is 2. The van der Waals surface area contributed by atoms with Gasteiger partial charge in [-0.05, 0) is 50.5 Å². The SMILES string of the molecule is Cc1ccc(C(C)Nc2cccc(C)c2C)cc1[N+](=O)[O-]. The number of nitro groups is 1. The minimum atomic E-state index is -0.330. The van der Waals surface area contributed by atoms with Crippen LogP contribution in [0.15, 0.2) is 36.4 Å². The second kappa shape index (κ2) is 5.95. The Kier molecular flexibility index (Phi) is 4.26. The predicted octanol–water partition coefficient (Wildman–Crippen LogP) is 4.69. The van der Waals surface area contributed by atoms with E-state index in [0.29, 0.717) is 5.56 Å².